The Morgan fingerprint density at radius 1 is 1.67 bits per heavy atom. The van der Waals surface area contributed by atoms with Gasteiger partial charge in [-0.2, -0.15) is 5.10 Å². The summed E-state index contributed by atoms with van der Waals surface area (Å²) in [6, 6.07) is 1.96. The summed E-state index contributed by atoms with van der Waals surface area (Å²) < 4.78 is 2.64. The van der Waals surface area contributed by atoms with Gasteiger partial charge in [0.1, 0.15) is 4.60 Å². The Morgan fingerprint density at radius 3 is 3.33 bits per heavy atom. The van der Waals surface area contributed by atoms with Crippen molar-refractivity contribution in [3.05, 3.63) is 29.1 Å². The van der Waals surface area contributed by atoms with Crippen LogP contribution >= 0.6 is 15.9 Å². The normalized spacial score (nSPS) is 15.2. The van der Waals surface area contributed by atoms with E-state index >= 15 is 0 Å². The Kier molecular flexibility index (Phi) is 1.77. The van der Waals surface area contributed by atoms with Crippen LogP contribution < -0.4 is 5.32 Å². The molecule has 12 heavy (non-hydrogen) atoms. The third-order valence-electron chi connectivity index (χ3n) is 1.72. The van der Waals surface area contributed by atoms with E-state index in [9.17, 15) is 0 Å². The third-order valence-corrected chi connectivity index (χ3v) is 2.10. The van der Waals surface area contributed by atoms with Gasteiger partial charge in [0.25, 0.3) is 0 Å². The number of aromatic nitrogens is 2. The highest BCUT2D eigenvalue weighted by atomic mass is 79.9. The van der Waals surface area contributed by atoms with Crippen LogP contribution in [0.5, 0.6) is 0 Å². The van der Waals surface area contributed by atoms with Gasteiger partial charge >= 0.3 is 0 Å². The van der Waals surface area contributed by atoms with E-state index in [1.54, 1.807) is 4.68 Å². The Bertz CT molecular complexity index is 351. The molecule has 3 nitrogen and oxygen atoms in total. The average Bonchev–Trinajstić information content (AvgIpc) is 2.33. The molecule has 62 valence electrons. The van der Waals surface area contributed by atoms with Crippen molar-refractivity contribution < 1.29 is 0 Å². The van der Waals surface area contributed by atoms with E-state index in [1.807, 2.05) is 18.5 Å². The molecule has 1 aliphatic heterocycles. The second-order valence-electron chi connectivity index (χ2n) is 2.60. The minimum absolute atomic E-state index is 0.772. The third kappa shape index (κ3) is 1.18. The second-order valence-corrected chi connectivity index (χ2v) is 3.41. The zero-order valence-corrected chi connectivity index (χ0v) is 8.00. The van der Waals surface area contributed by atoms with Crippen LogP contribution in [0.15, 0.2) is 23.4 Å². The van der Waals surface area contributed by atoms with Gasteiger partial charge in [0, 0.05) is 18.9 Å². The quantitative estimate of drug-likeness (QED) is 0.729. The lowest BCUT2D eigenvalue weighted by Crippen LogP contribution is -2.05. The van der Waals surface area contributed by atoms with Gasteiger partial charge in [-0.25, -0.2) is 4.68 Å². The number of nitrogens with zero attached hydrogens (tertiary/aromatic N) is 2. The lowest BCUT2D eigenvalue weighted by Gasteiger charge is -2.00. The smallest absolute Gasteiger partial charge is 0.129 e. The standard InChI is InChI=1S/C8H8BrN3/c1-6-5-10-2-3-12-7(6)4-8(9)11-12/h2-4,10H,1,5H2. The van der Waals surface area contributed by atoms with E-state index in [-0.39, 0.29) is 0 Å². The van der Waals surface area contributed by atoms with E-state index in [0.29, 0.717) is 0 Å². The first-order chi connectivity index (χ1) is 5.77. The van der Waals surface area contributed by atoms with Crippen molar-refractivity contribution in [2.75, 3.05) is 6.54 Å². The van der Waals surface area contributed by atoms with Crippen molar-refractivity contribution >= 4 is 27.7 Å². The highest BCUT2D eigenvalue weighted by Gasteiger charge is 2.08. The van der Waals surface area contributed by atoms with Gasteiger partial charge in [-0.15, -0.1) is 0 Å². The molecule has 1 aliphatic rings. The van der Waals surface area contributed by atoms with Gasteiger partial charge in [0.15, 0.2) is 0 Å². The number of hydrogen-bond acceptors (Lipinski definition) is 2. The molecule has 2 heterocycles. The highest BCUT2D eigenvalue weighted by molar-refractivity contribution is 9.10. The van der Waals surface area contributed by atoms with E-state index in [4.69, 9.17) is 0 Å². The largest absolute Gasteiger partial charge is 0.386 e. The van der Waals surface area contributed by atoms with E-state index in [0.717, 1.165) is 22.4 Å². The zero-order valence-electron chi connectivity index (χ0n) is 6.42. The number of fused-ring (bicyclic) bond motifs is 1. The Morgan fingerprint density at radius 2 is 2.50 bits per heavy atom. The molecule has 0 aliphatic carbocycles. The number of rotatable bonds is 0. The van der Waals surface area contributed by atoms with E-state index in [2.05, 4.69) is 32.9 Å². The van der Waals surface area contributed by atoms with Gasteiger partial charge in [-0.3, -0.25) is 0 Å². The molecular formula is C8H8BrN3. The van der Waals surface area contributed by atoms with Crippen LogP contribution in [0.25, 0.3) is 11.8 Å². The summed E-state index contributed by atoms with van der Waals surface area (Å²) in [4.78, 5) is 0. The van der Waals surface area contributed by atoms with Crippen molar-refractivity contribution in [3.63, 3.8) is 0 Å². The van der Waals surface area contributed by atoms with E-state index in [1.165, 1.54) is 0 Å². The molecule has 1 N–H and O–H groups in total. The maximum Gasteiger partial charge on any atom is 0.129 e. The summed E-state index contributed by atoms with van der Waals surface area (Å²) >= 11 is 3.32. The monoisotopic (exact) mass is 225 g/mol. The number of nitrogens with one attached hydrogen (secondary N) is 1. The molecule has 0 atom stereocenters. The summed E-state index contributed by atoms with van der Waals surface area (Å²) in [7, 11) is 0. The van der Waals surface area contributed by atoms with Crippen LogP contribution in [0, 0.1) is 0 Å². The molecule has 0 aromatic carbocycles. The SMILES string of the molecule is C=C1CNC=Cn2nc(Br)cc21. The Balaban J connectivity index is 2.55. The Labute approximate surface area is 78.9 Å². The average molecular weight is 226 g/mol. The minimum atomic E-state index is 0.772. The van der Waals surface area contributed by atoms with Gasteiger partial charge in [0.2, 0.25) is 0 Å². The molecule has 4 heteroatoms. The van der Waals surface area contributed by atoms with Crippen molar-refractivity contribution in [2.24, 2.45) is 0 Å². The van der Waals surface area contributed by atoms with Gasteiger partial charge in [-0.1, -0.05) is 6.58 Å². The molecule has 0 bridgehead atoms. The Hall–Kier alpha value is -1.03. The predicted octanol–water partition coefficient (Wildman–Crippen LogP) is 1.69. The van der Waals surface area contributed by atoms with Gasteiger partial charge in [0.05, 0.1) is 5.69 Å². The maximum absolute atomic E-state index is 4.21. The van der Waals surface area contributed by atoms with Crippen LogP contribution in [0.1, 0.15) is 5.69 Å². The van der Waals surface area contributed by atoms with Crippen LogP contribution in [-0.4, -0.2) is 16.3 Å². The minimum Gasteiger partial charge on any atom is -0.386 e. The van der Waals surface area contributed by atoms with Gasteiger partial charge in [-0.05, 0) is 27.6 Å². The molecular weight excluding hydrogens is 218 g/mol. The number of halogens is 1. The molecule has 0 saturated carbocycles. The first-order valence-corrected chi connectivity index (χ1v) is 4.40. The maximum atomic E-state index is 4.21. The molecule has 0 fully saturated rings. The van der Waals surface area contributed by atoms with Crippen molar-refractivity contribution in [3.8, 4) is 0 Å². The fourth-order valence-electron chi connectivity index (χ4n) is 1.14. The second kappa shape index (κ2) is 2.79. The van der Waals surface area contributed by atoms with Crippen molar-refractivity contribution in [2.45, 2.75) is 0 Å². The van der Waals surface area contributed by atoms with Crippen LogP contribution in [-0.2, 0) is 0 Å². The van der Waals surface area contributed by atoms with Crippen molar-refractivity contribution in [1.29, 1.82) is 0 Å². The summed E-state index contributed by atoms with van der Waals surface area (Å²) in [6.07, 6.45) is 3.74. The first-order valence-electron chi connectivity index (χ1n) is 3.60. The van der Waals surface area contributed by atoms with Crippen molar-refractivity contribution in [1.82, 2.24) is 15.1 Å². The molecule has 0 saturated heterocycles. The summed E-state index contributed by atoms with van der Waals surface area (Å²) in [5.74, 6) is 0. The van der Waals surface area contributed by atoms with Crippen LogP contribution in [0.3, 0.4) is 0 Å². The molecule has 1 aromatic rings. The number of hydrogen-bond donors (Lipinski definition) is 1. The molecule has 0 radical (unpaired) electrons. The van der Waals surface area contributed by atoms with E-state index < -0.39 is 0 Å². The molecule has 0 unspecified atom stereocenters. The zero-order chi connectivity index (χ0) is 8.55. The topological polar surface area (TPSA) is 29.9 Å². The molecule has 2 rings (SSSR count). The predicted molar refractivity (Wildman–Crippen MR) is 52.3 cm³/mol. The van der Waals surface area contributed by atoms with Crippen LogP contribution in [0.2, 0.25) is 0 Å². The fourth-order valence-corrected chi connectivity index (χ4v) is 1.53. The molecule has 0 amide bonds. The lowest BCUT2D eigenvalue weighted by molar-refractivity contribution is 0.910. The molecule has 1 aromatic heterocycles. The highest BCUT2D eigenvalue weighted by Crippen LogP contribution is 2.18. The molecule has 0 spiro atoms. The fraction of sp³-hybridized carbons (Fsp3) is 0.125. The van der Waals surface area contributed by atoms with Gasteiger partial charge < -0.3 is 5.32 Å². The first kappa shape index (κ1) is 7.61. The summed E-state index contributed by atoms with van der Waals surface area (Å²) in [6.45, 7) is 4.72. The van der Waals surface area contributed by atoms with Crippen LogP contribution in [0.4, 0.5) is 0 Å². The summed E-state index contributed by atoms with van der Waals surface area (Å²) in [5.41, 5.74) is 2.08. The lowest BCUT2D eigenvalue weighted by atomic mass is 10.2. The summed E-state index contributed by atoms with van der Waals surface area (Å²) in [5, 5.41) is 7.30.